The number of nitrogens with zero attached hydrogens (tertiary/aromatic N) is 2. The van der Waals surface area contributed by atoms with E-state index in [0.717, 1.165) is 36.1 Å². The largest absolute Gasteiger partial charge is 0.352 e. The van der Waals surface area contributed by atoms with E-state index in [1.54, 1.807) is 7.05 Å². The van der Waals surface area contributed by atoms with Gasteiger partial charge in [-0.2, -0.15) is 0 Å². The van der Waals surface area contributed by atoms with E-state index in [1.807, 2.05) is 24.3 Å². The fraction of sp³-hybridized carbons (Fsp3) is 0.588. The van der Waals surface area contributed by atoms with Gasteiger partial charge in [0, 0.05) is 26.7 Å². The molecule has 0 bridgehead atoms. The Morgan fingerprint density at radius 2 is 1.96 bits per heavy atom. The Bertz CT molecular complexity index is 665. The number of hydrogen-bond acceptors (Lipinski definition) is 3. The van der Waals surface area contributed by atoms with Crippen LogP contribution in [0, 0.1) is 5.92 Å². The lowest BCUT2D eigenvalue weighted by Crippen LogP contribution is -2.45. The van der Waals surface area contributed by atoms with Gasteiger partial charge >= 0.3 is 0 Å². The standard InChI is InChI=1S/C17H28N4O2S/c1-14-7-9-21(10-8-14)17(18-2)20-12-15-5-4-6-16(11-15)13-24(22,23)19-3/h4-6,11,14,19H,7-10,12-13H2,1-3H3,(H,18,20). The zero-order valence-corrected chi connectivity index (χ0v) is 15.6. The third kappa shape index (κ3) is 5.49. The summed E-state index contributed by atoms with van der Waals surface area (Å²) in [7, 11) is -0.0134. The summed E-state index contributed by atoms with van der Waals surface area (Å²) in [6.45, 7) is 4.98. The summed E-state index contributed by atoms with van der Waals surface area (Å²) in [5.41, 5.74) is 1.83. The van der Waals surface area contributed by atoms with Crippen LogP contribution in [0.15, 0.2) is 29.3 Å². The Hall–Kier alpha value is -1.60. The first-order valence-corrected chi connectivity index (χ1v) is 10.0. The van der Waals surface area contributed by atoms with Crippen LogP contribution in [0.3, 0.4) is 0 Å². The fourth-order valence-electron chi connectivity index (χ4n) is 2.85. The van der Waals surface area contributed by atoms with Crippen molar-refractivity contribution in [2.24, 2.45) is 10.9 Å². The molecule has 0 radical (unpaired) electrons. The van der Waals surface area contributed by atoms with E-state index in [1.165, 1.54) is 19.9 Å². The highest BCUT2D eigenvalue weighted by Crippen LogP contribution is 2.16. The first kappa shape index (κ1) is 18.7. The number of hydrogen-bond donors (Lipinski definition) is 2. The van der Waals surface area contributed by atoms with Gasteiger partial charge in [-0.05, 0) is 36.9 Å². The van der Waals surface area contributed by atoms with Crippen molar-refractivity contribution in [1.82, 2.24) is 14.9 Å². The van der Waals surface area contributed by atoms with Crippen LogP contribution in [0.4, 0.5) is 0 Å². The lowest BCUT2D eigenvalue weighted by atomic mass is 9.99. The number of nitrogens with one attached hydrogen (secondary N) is 2. The highest BCUT2D eigenvalue weighted by Gasteiger charge is 2.18. The second-order valence-corrected chi connectivity index (χ2v) is 8.28. The van der Waals surface area contributed by atoms with Crippen LogP contribution in [0.5, 0.6) is 0 Å². The monoisotopic (exact) mass is 352 g/mol. The van der Waals surface area contributed by atoms with E-state index >= 15 is 0 Å². The Morgan fingerprint density at radius 1 is 1.29 bits per heavy atom. The molecule has 6 nitrogen and oxygen atoms in total. The van der Waals surface area contributed by atoms with Gasteiger partial charge < -0.3 is 10.2 Å². The van der Waals surface area contributed by atoms with Crippen LogP contribution in [-0.2, 0) is 22.3 Å². The van der Waals surface area contributed by atoms with E-state index < -0.39 is 10.0 Å². The van der Waals surface area contributed by atoms with Crippen molar-refractivity contribution in [3.63, 3.8) is 0 Å². The van der Waals surface area contributed by atoms with Crippen molar-refractivity contribution in [1.29, 1.82) is 0 Å². The molecule has 1 aliphatic heterocycles. The minimum absolute atomic E-state index is 0.00389. The SMILES string of the molecule is CN=C(NCc1cccc(CS(=O)(=O)NC)c1)N1CCC(C)CC1. The van der Waals surface area contributed by atoms with Gasteiger partial charge in [-0.25, -0.2) is 13.1 Å². The third-order valence-electron chi connectivity index (χ3n) is 4.40. The number of aliphatic imine (C=N–C) groups is 1. The molecule has 134 valence electrons. The first-order valence-electron chi connectivity index (χ1n) is 8.38. The fourth-order valence-corrected chi connectivity index (χ4v) is 3.62. The van der Waals surface area contributed by atoms with Crippen LogP contribution < -0.4 is 10.0 Å². The molecule has 0 aromatic heterocycles. The molecule has 2 N–H and O–H groups in total. The zero-order chi connectivity index (χ0) is 17.6. The Balaban J connectivity index is 1.96. The Labute approximate surface area is 145 Å². The topological polar surface area (TPSA) is 73.8 Å². The summed E-state index contributed by atoms with van der Waals surface area (Å²) >= 11 is 0. The summed E-state index contributed by atoms with van der Waals surface area (Å²) < 4.78 is 25.7. The van der Waals surface area contributed by atoms with Crippen LogP contribution in [0.2, 0.25) is 0 Å². The van der Waals surface area contributed by atoms with Gasteiger partial charge in [-0.15, -0.1) is 0 Å². The van der Waals surface area contributed by atoms with Crippen molar-refractivity contribution in [2.45, 2.75) is 32.1 Å². The molecule has 0 saturated carbocycles. The number of guanidine groups is 1. The molecule has 0 unspecified atom stereocenters. The number of rotatable bonds is 5. The predicted octanol–water partition coefficient (Wildman–Crippen LogP) is 1.54. The van der Waals surface area contributed by atoms with Crippen LogP contribution >= 0.6 is 0 Å². The molecule has 0 aliphatic carbocycles. The molecule has 24 heavy (non-hydrogen) atoms. The molecule has 1 saturated heterocycles. The van der Waals surface area contributed by atoms with E-state index in [2.05, 4.69) is 26.9 Å². The van der Waals surface area contributed by atoms with E-state index in [9.17, 15) is 8.42 Å². The molecule has 1 aliphatic rings. The van der Waals surface area contributed by atoms with E-state index in [0.29, 0.717) is 6.54 Å². The van der Waals surface area contributed by atoms with Crippen molar-refractivity contribution >= 4 is 16.0 Å². The smallest absolute Gasteiger partial charge is 0.215 e. The Kier molecular flexibility index (Phi) is 6.62. The maximum Gasteiger partial charge on any atom is 0.215 e. The summed E-state index contributed by atoms with van der Waals surface area (Å²) in [5.74, 6) is 1.69. The third-order valence-corrected chi connectivity index (χ3v) is 5.74. The van der Waals surface area contributed by atoms with Gasteiger partial charge in [0.1, 0.15) is 0 Å². The average molecular weight is 353 g/mol. The second kappa shape index (κ2) is 8.48. The zero-order valence-electron chi connectivity index (χ0n) is 14.7. The number of piperidine rings is 1. The van der Waals surface area contributed by atoms with Crippen LogP contribution in [0.1, 0.15) is 30.9 Å². The number of sulfonamides is 1. The molecule has 0 atom stereocenters. The van der Waals surface area contributed by atoms with Crippen molar-refractivity contribution in [2.75, 3.05) is 27.2 Å². The van der Waals surface area contributed by atoms with Crippen molar-refractivity contribution in [3.8, 4) is 0 Å². The number of benzene rings is 1. The number of likely N-dealkylation sites (tertiary alicyclic amines) is 1. The van der Waals surface area contributed by atoms with Gasteiger partial charge in [0.25, 0.3) is 0 Å². The molecular formula is C17H28N4O2S. The van der Waals surface area contributed by atoms with Gasteiger partial charge in [-0.1, -0.05) is 31.2 Å². The summed E-state index contributed by atoms with van der Waals surface area (Å²) in [6, 6.07) is 7.64. The van der Waals surface area contributed by atoms with Crippen molar-refractivity contribution in [3.05, 3.63) is 35.4 Å². The van der Waals surface area contributed by atoms with Crippen molar-refractivity contribution < 1.29 is 8.42 Å². The lowest BCUT2D eigenvalue weighted by Gasteiger charge is -2.33. The normalized spacial score (nSPS) is 17.1. The van der Waals surface area contributed by atoms with Gasteiger partial charge in [0.05, 0.1) is 5.75 Å². The second-order valence-electron chi connectivity index (χ2n) is 6.35. The average Bonchev–Trinajstić information content (AvgIpc) is 2.57. The molecule has 1 heterocycles. The minimum Gasteiger partial charge on any atom is -0.352 e. The minimum atomic E-state index is -3.25. The van der Waals surface area contributed by atoms with Crippen LogP contribution in [-0.4, -0.2) is 46.5 Å². The maximum atomic E-state index is 11.7. The van der Waals surface area contributed by atoms with E-state index in [4.69, 9.17) is 0 Å². The molecular weight excluding hydrogens is 324 g/mol. The molecule has 7 heteroatoms. The highest BCUT2D eigenvalue weighted by molar-refractivity contribution is 7.88. The quantitative estimate of drug-likeness (QED) is 0.623. The molecule has 1 aromatic rings. The molecule has 1 fully saturated rings. The summed E-state index contributed by atoms with van der Waals surface area (Å²) in [5, 5.41) is 3.39. The van der Waals surface area contributed by atoms with Gasteiger partial charge in [0.15, 0.2) is 5.96 Å². The molecule has 2 rings (SSSR count). The van der Waals surface area contributed by atoms with Gasteiger partial charge in [-0.3, -0.25) is 4.99 Å². The van der Waals surface area contributed by atoms with Gasteiger partial charge in [0.2, 0.25) is 10.0 Å². The molecule has 0 amide bonds. The predicted molar refractivity (Wildman–Crippen MR) is 98.3 cm³/mol. The molecule has 0 spiro atoms. The summed E-state index contributed by atoms with van der Waals surface area (Å²) in [4.78, 5) is 6.66. The van der Waals surface area contributed by atoms with E-state index in [-0.39, 0.29) is 5.75 Å². The first-order chi connectivity index (χ1) is 11.4. The Morgan fingerprint density at radius 3 is 2.58 bits per heavy atom. The molecule has 1 aromatic carbocycles. The lowest BCUT2D eigenvalue weighted by molar-refractivity contribution is 0.273. The highest BCUT2D eigenvalue weighted by atomic mass is 32.2. The maximum absolute atomic E-state index is 11.7. The van der Waals surface area contributed by atoms with Crippen LogP contribution in [0.25, 0.3) is 0 Å². The summed E-state index contributed by atoms with van der Waals surface area (Å²) in [6.07, 6.45) is 2.39.